The summed E-state index contributed by atoms with van der Waals surface area (Å²) in [6.45, 7) is 6.75. The number of allylic oxidation sites excluding steroid dienone is 4. The van der Waals surface area contributed by atoms with E-state index in [9.17, 15) is 4.79 Å². The van der Waals surface area contributed by atoms with Gasteiger partial charge < -0.3 is 24.8 Å². The molecule has 1 aromatic rings. The molecule has 21 heavy (non-hydrogen) atoms. The molecule has 0 radical (unpaired) electrons. The van der Waals surface area contributed by atoms with Crippen molar-refractivity contribution in [3.63, 3.8) is 0 Å². The van der Waals surface area contributed by atoms with Gasteiger partial charge in [-0.2, -0.15) is 0 Å². The number of amides is 1. The minimum atomic E-state index is -2.08. The second kappa shape index (κ2) is 9.77. The molecule has 0 spiro atoms. The first-order valence-corrected chi connectivity index (χ1v) is 19.4. The minimum absolute atomic E-state index is 0. The molecular formula is C15H20Cl2HfNOSi. The van der Waals surface area contributed by atoms with Gasteiger partial charge in [0.1, 0.15) is 0 Å². The van der Waals surface area contributed by atoms with Gasteiger partial charge in [-0.15, -0.1) is 0 Å². The van der Waals surface area contributed by atoms with Gasteiger partial charge in [0.25, 0.3) is 0 Å². The first kappa shape index (κ1) is 20.8. The third kappa shape index (κ3) is 5.51. The van der Waals surface area contributed by atoms with E-state index in [4.69, 9.17) is 0 Å². The Hall–Kier alpha value is -0.163. The van der Waals surface area contributed by atoms with Crippen LogP contribution in [-0.2, 0) is 20.9 Å². The quantitative estimate of drug-likeness (QED) is 0.435. The summed E-state index contributed by atoms with van der Waals surface area (Å²) in [7, 11) is 0. The van der Waals surface area contributed by atoms with E-state index >= 15 is 0 Å². The predicted molar refractivity (Wildman–Crippen MR) is 79.4 cm³/mol. The Morgan fingerprint density at radius 1 is 1.24 bits per heavy atom. The van der Waals surface area contributed by atoms with Gasteiger partial charge in [-0.3, -0.25) is 0 Å². The smallest absolute Gasteiger partial charge is 1.00 e. The van der Waals surface area contributed by atoms with Crippen molar-refractivity contribution in [2.24, 2.45) is 0 Å². The average molecular weight is 508 g/mol. The Kier molecular flexibility index (Phi) is 9.70. The van der Waals surface area contributed by atoms with Gasteiger partial charge in [-0.1, -0.05) is 0 Å². The monoisotopic (exact) mass is 508 g/mol. The van der Waals surface area contributed by atoms with Gasteiger partial charge >= 0.3 is 124 Å². The van der Waals surface area contributed by atoms with Crippen molar-refractivity contribution in [3.05, 3.63) is 57.0 Å². The zero-order chi connectivity index (χ0) is 13.8. The van der Waals surface area contributed by atoms with E-state index in [-0.39, 0.29) is 30.7 Å². The van der Waals surface area contributed by atoms with E-state index in [0.29, 0.717) is 0 Å². The van der Waals surface area contributed by atoms with Crippen LogP contribution in [0.2, 0.25) is 13.1 Å². The zero-order valence-electron chi connectivity index (χ0n) is 12.5. The molecule has 0 saturated carbocycles. The summed E-state index contributed by atoms with van der Waals surface area (Å²) in [5, 5.41) is 0. The first-order valence-electron chi connectivity index (χ1n) is 6.69. The van der Waals surface area contributed by atoms with Crippen molar-refractivity contribution < 1.29 is 50.5 Å². The maximum Gasteiger partial charge on any atom is -1.00 e. The van der Waals surface area contributed by atoms with Crippen molar-refractivity contribution in [2.45, 2.75) is 26.4 Å². The molecule has 1 amide bonds. The standard InChI is InChI=1S/C8H9NO.C5H5.C2H7Si.2ClH.Hf/c1-6-4-2-3-5-7(6)8(9)10;1-2-4-5-3-1;1-3-2;;;/h2-5H,1H3,(H2,9,10);1-3H,4H2;3H,1-2H3;2*1H;/q;;;;;+3/p-3. The third-order valence-corrected chi connectivity index (χ3v) is 26.8. The van der Waals surface area contributed by atoms with Crippen molar-refractivity contribution >= 4 is 11.9 Å². The molecule has 0 unspecified atom stereocenters. The molecule has 0 saturated heterocycles. The Morgan fingerprint density at radius 2 is 1.90 bits per heavy atom. The van der Waals surface area contributed by atoms with Crippen LogP contribution >= 0.6 is 0 Å². The molecule has 1 aliphatic rings. The van der Waals surface area contributed by atoms with E-state index in [1.165, 1.54) is 0 Å². The van der Waals surface area contributed by atoms with Crippen molar-refractivity contribution in [2.75, 3.05) is 0 Å². The van der Waals surface area contributed by atoms with E-state index in [1.54, 1.807) is 3.33 Å². The Morgan fingerprint density at radius 3 is 2.43 bits per heavy atom. The van der Waals surface area contributed by atoms with Crippen LogP contribution in [0.15, 0.2) is 45.8 Å². The number of hydrogen-bond acceptors (Lipinski definition) is 1. The van der Waals surface area contributed by atoms with Crippen molar-refractivity contribution in [3.8, 4) is 0 Å². The fourth-order valence-electron chi connectivity index (χ4n) is 2.26. The number of halogens is 2. The summed E-state index contributed by atoms with van der Waals surface area (Å²) >= 11 is -2.08. The second-order valence-corrected chi connectivity index (χ2v) is 30.8. The normalized spacial score (nSPS) is 12.3. The molecule has 1 aromatic carbocycles. The maximum atomic E-state index is 12.5. The first-order chi connectivity index (χ1) is 9.09. The fraction of sp³-hybridized carbons (Fsp3) is 0.267. The van der Waals surface area contributed by atoms with E-state index < -0.39 is 26.9 Å². The number of rotatable bonds is 4. The van der Waals surface area contributed by atoms with Crippen LogP contribution in [0.3, 0.4) is 0 Å². The van der Waals surface area contributed by atoms with Crippen LogP contribution in [-0.4, -0.2) is 11.9 Å². The molecule has 0 heterocycles. The van der Waals surface area contributed by atoms with Crippen LogP contribution in [0.25, 0.3) is 0 Å². The van der Waals surface area contributed by atoms with Crippen LogP contribution in [0, 0.1) is 6.92 Å². The van der Waals surface area contributed by atoms with Gasteiger partial charge in [0, 0.05) is 0 Å². The minimum Gasteiger partial charge on any atom is -1.00 e. The number of aryl methyl sites for hydroxylation is 1. The number of carbonyl (C=O) groups excluding carboxylic acids is 1. The number of benzene rings is 1. The molecule has 0 aliphatic heterocycles. The molecule has 0 aromatic heterocycles. The molecule has 2 nitrogen and oxygen atoms in total. The van der Waals surface area contributed by atoms with Crippen LogP contribution in [0.4, 0.5) is 0 Å². The SMILES string of the molecule is Cc1ccccc1C(=O)[NH][Hf+2]([C]1=CC=CC1)[SiH](C)C.[Cl-].[Cl-]. The van der Waals surface area contributed by atoms with Crippen LogP contribution < -0.4 is 28.1 Å². The van der Waals surface area contributed by atoms with Gasteiger partial charge in [0.15, 0.2) is 0 Å². The molecule has 1 N–H and O–H groups in total. The molecule has 0 atom stereocenters. The number of nitrogens with one attached hydrogen (secondary N) is 1. The molecular weight excluding hydrogens is 488 g/mol. The Balaban J connectivity index is 0.00000200. The van der Waals surface area contributed by atoms with Gasteiger partial charge in [0.05, 0.1) is 0 Å². The van der Waals surface area contributed by atoms with Gasteiger partial charge in [0.2, 0.25) is 0 Å². The molecule has 6 heteroatoms. The van der Waals surface area contributed by atoms with E-state index in [2.05, 4.69) is 34.6 Å². The summed E-state index contributed by atoms with van der Waals surface area (Å²) in [6.07, 6.45) is 7.65. The molecule has 0 fully saturated rings. The second-order valence-electron chi connectivity index (χ2n) is 5.16. The summed E-state index contributed by atoms with van der Waals surface area (Å²) in [6, 6.07) is 7.85. The Labute approximate surface area is 148 Å². The van der Waals surface area contributed by atoms with Crippen molar-refractivity contribution in [1.82, 2.24) is 3.30 Å². The third-order valence-electron chi connectivity index (χ3n) is 3.33. The predicted octanol–water partition coefficient (Wildman–Crippen LogP) is -2.91. The fourth-order valence-corrected chi connectivity index (χ4v) is 21.4. The topological polar surface area (TPSA) is 29.1 Å². The van der Waals surface area contributed by atoms with E-state index in [1.807, 2.05) is 31.2 Å². The molecule has 0 bridgehead atoms. The molecule has 1 aliphatic carbocycles. The van der Waals surface area contributed by atoms with Gasteiger partial charge in [-0.25, -0.2) is 0 Å². The maximum absolute atomic E-state index is 12.5. The molecule has 113 valence electrons. The number of carbonyl (C=O) groups is 1. The van der Waals surface area contributed by atoms with Gasteiger partial charge in [-0.05, 0) is 0 Å². The Bertz CT molecular complexity index is 546. The average Bonchev–Trinajstić information content (AvgIpc) is 2.89. The summed E-state index contributed by atoms with van der Waals surface area (Å²) in [4.78, 5) is 12.5. The largest absolute Gasteiger partial charge is 1.00 e. The number of hydrogen-bond donors (Lipinski definition) is 1. The van der Waals surface area contributed by atoms with E-state index in [0.717, 1.165) is 17.5 Å². The van der Waals surface area contributed by atoms with Crippen LogP contribution in [0.5, 0.6) is 0 Å². The molecule has 2 rings (SSSR count). The summed E-state index contributed by atoms with van der Waals surface area (Å²) in [5.74, 6) is -0.614. The summed E-state index contributed by atoms with van der Waals surface area (Å²) < 4.78 is 5.01. The van der Waals surface area contributed by atoms with Crippen LogP contribution in [0.1, 0.15) is 22.3 Å². The zero-order valence-corrected chi connectivity index (χ0v) is 18.7. The summed E-state index contributed by atoms with van der Waals surface area (Å²) in [5.41, 5.74) is 1.90. The van der Waals surface area contributed by atoms with Crippen molar-refractivity contribution in [1.29, 1.82) is 0 Å².